The van der Waals surface area contributed by atoms with Gasteiger partial charge in [-0.2, -0.15) is 10.2 Å². The van der Waals surface area contributed by atoms with Gasteiger partial charge in [0.2, 0.25) is 5.75 Å². The molecule has 2 aromatic carbocycles. The van der Waals surface area contributed by atoms with Crippen molar-refractivity contribution in [3.05, 3.63) is 58.8 Å². The fourth-order valence-corrected chi connectivity index (χ4v) is 3.65. The Bertz CT molecular complexity index is 1100. The lowest BCUT2D eigenvalue weighted by Gasteiger charge is -2.15. The molecule has 1 aliphatic carbocycles. The first-order valence-electron chi connectivity index (χ1n) is 9.45. The number of benzene rings is 2. The highest BCUT2D eigenvalue weighted by atomic mass is 16.5. The van der Waals surface area contributed by atoms with E-state index in [-0.39, 0.29) is 5.91 Å². The zero-order valence-corrected chi connectivity index (χ0v) is 17.0. The molecule has 4 rings (SSSR count). The third kappa shape index (κ3) is 3.47. The van der Waals surface area contributed by atoms with Crippen molar-refractivity contribution < 1.29 is 19.0 Å². The number of ether oxygens (including phenoxy) is 3. The van der Waals surface area contributed by atoms with E-state index in [2.05, 4.69) is 26.8 Å². The average molecular weight is 406 g/mol. The number of hydrazone groups is 1. The summed E-state index contributed by atoms with van der Waals surface area (Å²) in [5.74, 6) is 1.16. The van der Waals surface area contributed by atoms with E-state index in [1.165, 1.54) is 18.9 Å². The highest BCUT2D eigenvalue weighted by molar-refractivity contribution is 5.96. The van der Waals surface area contributed by atoms with E-state index in [0.717, 1.165) is 29.7 Å². The molecule has 0 spiro atoms. The number of amides is 1. The zero-order valence-electron chi connectivity index (χ0n) is 17.0. The molecule has 0 atom stereocenters. The number of carbonyl (C=O) groups is 1. The van der Waals surface area contributed by atoms with Crippen LogP contribution in [0, 0.1) is 0 Å². The number of nitrogens with zero attached hydrogens (tertiary/aromatic N) is 2. The highest BCUT2D eigenvalue weighted by Crippen LogP contribution is 2.37. The van der Waals surface area contributed by atoms with Gasteiger partial charge in [0.25, 0.3) is 5.91 Å². The van der Waals surface area contributed by atoms with Gasteiger partial charge in [-0.05, 0) is 30.5 Å². The minimum atomic E-state index is -0.341. The molecule has 1 aromatic heterocycles. The molecule has 154 valence electrons. The maximum Gasteiger partial charge on any atom is 0.289 e. The molecule has 0 saturated heterocycles. The third-order valence-electron chi connectivity index (χ3n) is 5.08. The molecule has 0 bridgehead atoms. The highest BCUT2D eigenvalue weighted by Gasteiger charge is 2.24. The van der Waals surface area contributed by atoms with Gasteiger partial charge in [-0.1, -0.05) is 24.3 Å². The van der Waals surface area contributed by atoms with Crippen molar-refractivity contribution in [1.82, 2.24) is 15.6 Å². The summed E-state index contributed by atoms with van der Waals surface area (Å²) in [6, 6.07) is 11.6. The topological polar surface area (TPSA) is 97.8 Å². The first-order valence-corrected chi connectivity index (χ1v) is 9.45. The third-order valence-corrected chi connectivity index (χ3v) is 5.08. The van der Waals surface area contributed by atoms with Gasteiger partial charge in [-0.15, -0.1) is 0 Å². The Kier molecular flexibility index (Phi) is 5.38. The van der Waals surface area contributed by atoms with E-state index in [1.807, 2.05) is 18.2 Å². The number of H-pyrrole nitrogens is 1. The molecule has 1 aliphatic rings. The number of nitrogens with one attached hydrogen (secondary N) is 2. The van der Waals surface area contributed by atoms with Crippen molar-refractivity contribution in [1.29, 1.82) is 0 Å². The Balaban J connectivity index is 1.53. The number of hydrogen-bond acceptors (Lipinski definition) is 6. The van der Waals surface area contributed by atoms with Crippen molar-refractivity contribution in [3.63, 3.8) is 0 Å². The second kappa shape index (κ2) is 8.28. The fraction of sp³-hybridized carbons (Fsp3) is 0.227. The summed E-state index contributed by atoms with van der Waals surface area (Å²) < 4.78 is 16.0. The van der Waals surface area contributed by atoms with Gasteiger partial charge in [-0.3, -0.25) is 9.89 Å². The molecule has 1 amide bonds. The minimum Gasteiger partial charge on any atom is -0.493 e. The van der Waals surface area contributed by atoms with Crippen molar-refractivity contribution in [3.8, 4) is 28.5 Å². The van der Waals surface area contributed by atoms with Crippen LogP contribution >= 0.6 is 0 Å². The minimum absolute atomic E-state index is 0.341. The van der Waals surface area contributed by atoms with Gasteiger partial charge in [0, 0.05) is 16.7 Å². The SMILES string of the molecule is COc1cc(/C=N/NC(=O)c2[nH]nc3c2CCc2ccccc2-3)cc(OC)c1OC. The molecule has 2 N–H and O–H groups in total. The summed E-state index contributed by atoms with van der Waals surface area (Å²) in [7, 11) is 4.62. The molecule has 8 heteroatoms. The molecule has 0 unspecified atom stereocenters. The van der Waals surface area contributed by atoms with Crippen LogP contribution in [0.3, 0.4) is 0 Å². The Morgan fingerprint density at radius 3 is 2.53 bits per heavy atom. The lowest BCUT2D eigenvalue weighted by molar-refractivity contribution is 0.0949. The first-order chi connectivity index (χ1) is 14.7. The summed E-state index contributed by atoms with van der Waals surface area (Å²) >= 11 is 0. The van der Waals surface area contributed by atoms with Crippen molar-refractivity contribution in [2.45, 2.75) is 12.8 Å². The van der Waals surface area contributed by atoms with E-state index < -0.39 is 0 Å². The van der Waals surface area contributed by atoms with Crippen LogP contribution in [-0.2, 0) is 12.8 Å². The van der Waals surface area contributed by atoms with Crippen LogP contribution in [0.4, 0.5) is 0 Å². The molecule has 0 aliphatic heterocycles. The number of fused-ring (bicyclic) bond motifs is 3. The maximum absolute atomic E-state index is 12.7. The van der Waals surface area contributed by atoms with E-state index in [4.69, 9.17) is 14.2 Å². The van der Waals surface area contributed by atoms with Crippen LogP contribution in [-0.4, -0.2) is 43.6 Å². The summed E-state index contributed by atoms with van der Waals surface area (Å²) in [5, 5.41) is 11.3. The van der Waals surface area contributed by atoms with Crippen LogP contribution in [0.5, 0.6) is 17.2 Å². The fourth-order valence-electron chi connectivity index (χ4n) is 3.65. The molecule has 30 heavy (non-hydrogen) atoms. The number of hydrogen-bond donors (Lipinski definition) is 2. The lowest BCUT2D eigenvalue weighted by Crippen LogP contribution is -2.20. The number of rotatable bonds is 6. The van der Waals surface area contributed by atoms with Crippen molar-refractivity contribution >= 4 is 12.1 Å². The first kappa shape index (κ1) is 19.5. The Morgan fingerprint density at radius 2 is 1.83 bits per heavy atom. The maximum atomic E-state index is 12.7. The van der Waals surface area contributed by atoms with Crippen LogP contribution in [0.1, 0.15) is 27.2 Å². The van der Waals surface area contributed by atoms with Gasteiger partial charge in [-0.25, -0.2) is 5.43 Å². The molecular weight excluding hydrogens is 384 g/mol. The Labute approximate surface area is 173 Å². The molecular formula is C22H22N4O4. The second-order valence-corrected chi connectivity index (χ2v) is 6.74. The van der Waals surface area contributed by atoms with Crippen molar-refractivity contribution in [2.75, 3.05) is 21.3 Å². The monoisotopic (exact) mass is 406 g/mol. The summed E-state index contributed by atoms with van der Waals surface area (Å²) in [6.45, 7) is 0. The number of methoxy groups -OCH3 is 3. The van der Waals surface area contributed by atoms with E-state index >= 15 is 0 Å². The van der Waals surface area contributed by atoms with Crippen LogP contribution < -0.4 is 19.6 Å². The number of carbonyl (C=O) groups excluding carboxylic acids is 1. The summed E-state index contributed by atoms with van der Waals surface area (Å²) in [4.78, 5) is 12.7. The van der Waals surface area contributed by atoms with Crippen LogP contribution in [0.2, 0.25) is 0 Å². The lowest BCUT2D eigenvalue weighted by atomic mass is 9.89. The molecule has 0 radical (unpaired) electrons. The van der Waals surface area contributed by atoms with E-state index in [1.54, 1.807) is 26.4 Å². The van der Waals surface area contributed by atoms with Gasteiger partial charge < -0.3 is 14.2 Å². The predicted molar refractivity (Wildman–Crippen MR) is 113 cm³/mol. The smallest absolute Gasteiger partial charge is 0.289 e. The van der Waals surface area contributed by atoms with Gasteiger partial charge in [0.15, 0.2) is 11.5 Å². The van der Waals surface area contributed by atoms with Crippen LogP contribution in [0.15, 0.2) is 41.5 Å². The van der Waals surface area contributed by atoms with Gasteiger partial charge in [0.05, 0.1) is 33.2 Å². The molecule has 0 fully saturated rings. The second-order valence-electron chi connectivity index (χ2n) is 6.74. The van der Waals surface area contributed by atoms with Crippen molar-refractivity contribution in [2.24, 2.45) is 5.10 Å². The summed E-state index contributed by atoms with van der Waals surface area (Å²) in [5.41, 5.74) is 7.72. The van der Waals surface area contributed by atoms with E-state index in [9.17, 15) is 4.79 Å². The molecule has 0 saturated carbocycles. The Morgan fingerprint density at radius 1 is 1.10 bits per heavy atom. The van der Waals surface area contributed by atoms with Crippen LogP contribution in [0.25, 0.3) is 11.3 Å². The summed E-state index contributed by atoms with van der Waals surface area (Å²) in [6.07, 6.45) is 3.14. The quantitative estimate of drug-likeness (QED) is 0.485. The number of aryl methyl sites for hydroxylation is 1. The van der Waals surface area contributed by atoms with Gasteiger partial charge in [0.1, 0.15) is 5.69 Å². The predicted octanol–water partition coefficient (Wildman–Crippen LogP) is 2.97. The Hall–Kier alpha value is -3.81. The molecule has 1 heterocycles. The molecule has 8 nitrogen and oxygen atoms in total. The number of aromatic amines is 1. The average Bonchev–Trinajstić information content (AvgIpc) is 3.23. The molecule has 3 aromatic rings. The van der Waals surface area contributed by atoms with E-state index in [0.29, 0.717) is 28.5 Å². The largest absolute Gasteiger partial charge is 0.493 e. The number of aromatic nitrogens is 2. The standard InChI is InChI=1S/C22H22N4O4/c1-28-17-10-13(11-18(29-2)21(17)30-3)12-23-26-22(27)20-16-9-8-14-6-4-5-7-15(14)19(16)24-25-20/h4-7,10-12H,8-9H2,1-3H3,(H,24,25)(H,26,27)/b23-12+. The zero-order chi connectivity index (χ0) is 21.1. The van der Waals surface area contributed by atoms with Gasteiger partial charge >= 0.3 is 0 Å². The normalized spacial score (nSPS) is 12.2.